The first-order valence-corrected chi connectivity index (χ1v) is 11.2. The van der Waals surface area contributed by atoms with Gasteiger partial charge in [0.15, 0.2) is 0 Å². The molecule has 0 saturated heterocycles. The second-order valence-corrected chi connectivity index (χ2v) is 7.81. The molecule has 0 saturated carbocycles. The Labute approximate surface area is 198 Å². The van der Waals surface area contributed by atoms with Gasteiger partial charge in [-0.15, -0.1) is 0 Å². The smallest absolute Gasteiger partial charge is 0.339 e. The summed E-state index contributed by atoms with van der Waals surface area (Å²) in [5.74, 6) is 0.353. The zero-order valence-electron chi connectivity index (χ0n) is 18.6. The van der Waals surface area contributed by atoms with Crippen LogP contribution in [0.5, 0.6) is 5.75 Å². The zero-order chi connectivity index (χ0) is 23.2. The van der Waals surface area contributed by atoms with E-state index < -0.39 is 5.97 Å². The molecule has 0 aliphatic rings. The number of rotatable bonds is 7. The van der Waals surface area contributed by atoms with Crippen LogP contribution in [-0.4, -0.2) is 24.2 Å². The van der Waals surface area contributed by atoms with Gasteiger partial charge in [0.05, 0.1) is 16.8 Å². The van der Waals surface area contributed by atoms with Crippen molar-refractivity contribution in [1.29, 1.82) is 0 Å². The van der Waals surface area contributed by atoms with E-state index in [1.54, 1.807) is 6.07 Å². The molecule has 4 nitrogen and oxygen atoms in total. The van der Waals surface area contributed by atoms with E-state index in [0.29, 0.717) is 5.56 Å². The van der Waals surface area contributed by atoms with Crippen LogP contribution in [0.25, 0.3) is 33.3 Å². The van der Waals surface area contributed by atoms with Crippen LogP contribution < -0.4 is 4.74 Å². The second kappa shape index (κ2) is 10.0. The Hall–Kier alpha value is -4.44. The van der Waals surface area contributed by atoms with Crippen molar-refractivity contribution in [2.75, 3.05) is 13.2 Å². The van der Waals surface area contributed by atoms with E-state index >= 15 is 0 Å². The standard InChI is InChI=1S/C30H23NO3/c32-30(34-20-19-33-25-11-5-2-6-12-25)27-21-29(31-28-14-8-7-13-26(27)28)24-17-15-23(16-18-24)22-9-3-1-4-10-22/h1-18,21H,19-20H2. The summed E-state index contributed by atoms with van der Waals surface area (Å²) in [5, 5.41) is 0.765. The molecule has 166 valence electrons. The molecule has 0 N–H and O–H groups in total. The average Bonchev–Trinajstić information content (AvgIpc) is 2.91. The van der Waals surface area contributed by atoms with Crippen molar-refractivity contribution < 1.29 is 14.3 Å². The van der Waals surface area contributed by atoms with Gasteiger partial charge in [0, 0.05) is 10.9 Å². The first-order valence-electron chi connectivity index (χ1n) is 11.2. The highest BCUT2D eigenvalue weighted by Gasteiger charge is 2.15. The molecule has 0 radical (unpaired) electrons. The van der Waals surface area contributed by atoms with E-state index in [0.717, 1.165) is 39.0 Å². The van der Waals surface area contributed by atoms with Gasteiger partial charge in [-0.3, -0.25) is 0 Å². The van der Waals surface area contributed by atoms with Gasteiger partial charge < -0.3 is 9.47 Å². The van der Waals surface area contributed by atoms with Crippen LogP contribution in [-0.2, 0) is 4.74 Å². The number of fused-ring (bicyclic) bond motifs is 1. The van der Waals surface area contributed by atoms with E-state index in [2.05, 4.69) is 24.3 Å². The molecule has 0 bridgehead atoms. The van der Waals surface area contributed by atoms with Gasteiger partial charge in [-0.25, -0.2) is 9.78 Å². The summed E-state index contributed by atoms with van der Waals surface area (Å²) in [6, 6.07) is 37.3. The van der Waals surface area contributed by atoms with Crippen molar-refractivity contribution in [3.8, 4) is 28.1 Å². The Morgan fingerprint density at radius 3 is 2.03 bits per heavy atom. The highest BCUT2D eigenvalue weighted by atomic mass is 16.6. The maximum Gasteiger partial charge on any atom is 0.339 e. The third-order valence-corrected chi connectivity index (χ3v) is 5.55. The molecule has 0 aliphatic heterocycles. The minimum absolute atomic E-state index is 0.158. The molecular weight excluding hydrogens is 422 g/mol. The third kappa shape index (κ3) is 4.81. The molecule has 1 aromatic heterocycles. The summed E-state index contributed by atoms with van der Waals surface area (Å²) in [5.41, 5.74) is 5.19. The topological polar surface area (TPSA) is 48.4 Å². The minimum Gasteiger partial charge on any atom is -0.490 e. The number of carbonyl (C=O) groups is 1. The summed E-state index contributed by atoms with van der Waals surface area (Å²) < 4.78 is 11.2. The van der Waals surface area contributed by atoms with Crippen molar-refractivity contribution in [3.63, 3.8) is 0 Å². The minimum atomic E-state index is -0.391. The van der Waals surface area contributed by atoms with Crippen LogP contribution in [0.4, 0.5) is 0 Å². The Morgan fingerprint density at radius 2 is 1.26 bits per heavy atom. The number of benzene rings is 4. The van der Waals surface area contributed by atoms with E-state index in [9.17, 15) is 4.79 Å². The first-order chi connectivity index (χ1) is 16.8. The van der Waals surface area contributed by atoms with Gasteiger partial charge in [-0.05, 0) is 35.4 Å². The number of ether oxygens (including phenoxy) is 2. The molecule has 5 aromatic rings. The monoisotopic (exact) mass is 445 g/mol. The summed E-state index contributed by atoms with van der Waals surface area (Å²) in [4.78, 5) is 17.8. The normalized spacial score (nSPS) is 10.7. The summed E-state index contributed by atoms with van der Waals surface area (Å²) >= 11 is 0. The predicted octanol–water partition coefficient (Wildman–Crippen LogP) is 6.80. The summed E-state index contributed by atoms with van der Waals surface area (Å²) in [7, 11) is 0. The lowest BCUT2D eigenvalue weighted by molar-refractivity contribution is 0.0452. The van der Waals surface area contributed by atoms with E-state index in [-0.39, 0.29) is 13.2 Å². The molecule has 4 heteroatoms. The van der Waals surface area contributed by atoms with Crippen molar-refractivity contribution >= 4 is 16.9 Å². The Bertz CT molecular complexity index is 1400. The third-order valence-electron chi connectivity index (χ3n) is 5.55. The fourth-order valence-electron chi connectivity index (χ4n) is 3.84. The predicted molar refractivity (Wildman–Crippen MR) is 135 cm³/mol. The van der Waals surface area contributed by atoms with Crippen LogP contribution >= 0.6 is 0 Å². The molecular formula is C30H23NO3. The average molecular weight is 446 g/mol. The highest BCUT2D eigenvalue weighted by Crippen LogP contribution is 2.28. The van der Waals surface area contributed by atoms with Gasteiger partial charge in [0.1, 0.15) is 19.0 Å². The molecule has 0 fully saturated rings. The summed E-state index contributed by atoms with van der Waals surface area (Å²) in [6.07, 6.45) is 0. The number of para-hydroxylation sites is 2. The number of esters is 1. The van der Waals surface area contributed by atoms with Crippen molar-refractivity contribution in [2.45, 2.75) is 0 Å². The molecule has 0 spiro atoms. The number of hydrogen-bond donors (Lipinski definition) is 0. The van der Waals surface area contributed by atoms with Gasteiger partial charge in [-0.1, -0.05) is 91.0 Å². The van der Waals surface area contributed by atoms with Crippen LogP contribution in [0.15, 0.2) is 115 Å². The maximum atomic E-state index is 13.0. The molecule has 1 heterocycles. The Balaban J connectivity index is 1.37. The number of nitrogens with zero attached hydrogens (tertiary/aromatic N) is 1. The lowest BCUT2D eigenvalue weighted by Crippen LogP contribution is -2.13. The van der Waals surface area contributed by atoms with Crippen molar-refractivity contribution in [1.82, 2.24) is 4.98 Å². The summed E-state index contributed by atoms with van der Waals surface area (Å²) in [6.45, 7) is 0.443. The van der Waals surface area contributed by atoms with Gasteiger partial charge >= 0.3 is 5.97 Å². The SMILES string of the molecule is O=C(OCCOc1ccccc1)c1cc(-c2ccc(-c3ccccc3)cc2)nc2ccccc12. The van der Waals surface area contributed by atoms with Crippen LogP contribution in [0.3, 0.4) is 0 Å². The second-order valence-electron chi connectivity index (χ2n) is 7.81. The first kappa shape index (κ1) is 21.4. The quantitative estimate of drug-likeness (QED) is 0.204. The van der Waals surface area contributed by atoms with Crippen LogP contribution in [0.2, 0.25) is 0 Å². The number of pyridine rings is 1. The van der Waals surface area contributed by atoms with Crippen molar-refractivity contribution in [3.05, 3.63) is 121 Å². The lowest BCUT2D eigenvalue weighted by Gasteiger charge is -2.11. The molecule has 0 atom stereocenters. The molecule has 0 aliphatic carbocycles. The van der Waals surface area contributed by atoms with Crippen LogP contribution in [0, 0.1) is 0 Å². The number of hydrogen-bond acceptors (Lipinski definition) is 4. The Kier molecular flexibility index (Phi) is 6.30. The fourth-order valence-corrected chi connectivity index (χ4v) is 3.84. The van der Waals surface area contributed by atoms with Crippen molar-refractivity contribution in [2.24, 2.45) is 0 Å². The molecule has 0 amide bonds. The molecule has 0 unspecified atom stereocenters. The molecule has 34 heavy (non-hydrogen) atoms. The van der Waals surface area contributed by atoms with E-state index in [4.69, 9.17) is 14.5 Å². The maximum absolute atomic E-state index is 13.0. The molecule has 4 aromatic carbocycles. The number of aromatic nitrogens is 1. The fraction of sp³-hybridized carbons (Fsp3) is 0.0667. The van der Waals surface area contributed by atoms with Gasteiger partial charge in [0.2, 0.25) is 0 Å². The van der Waals surface area contributed by atoms with Gasteiger partial charge in [-0.2, -0.15) is 0 Å². The zero-order valence-corrected chi connectivity index (χ0v) is 18.6. The Morgan fingerprint density at radius 1 is 0.647 bits per heavy atom. The molecule has 5 rings (SSSR count). The number of carbonyl (C=O) groups excluding carboxylic acids is 1. The highest BCUT2D eigenvalue weighted by molar-refractivity contribution is 6.04. The van der Waals surface area contributed by atoms with E-state index in [1.807, 2.05) is 84.9 Å². The van der Waals surface area contributed by atoms with Crippen LogP contribution in [0.1, 0.15) is 10.4 Å². The largest absolute Gasteiger partial charge is 0.490 e. The van der Waals surface area contributed by atoms with E-state index in [1.165, 1.54) is 0 Å². The van der Waals surface area contributed by atoms with Gasteiger partial charge in [0.25, 0.3) is 0 Å². The lowest BCUT2D eigenvalue weighted by atomic mass is 10.0.